The van der Waals surface area contributed by atoms with Crippen molar-refractivity contribution in [3.63, 3.8) is 0 Å². The number of rotatable bonds is 4. The minimum Gasteiger partial charge on any atom is -0.294 e. The highest BCUT2D eigenvalue weighted by molar-refractivity contribution is 6.34. The number of carbonyl (C=O) groups is 1. The van der Waals surface area contributed by atoms with Crippen LogP contribution in [0.1, 0.15) is 23.1 Å². The molecule has 0 radical (unpaired) electrons. The summed E-state index contributed by atoms with van der Waals surface area (Å²) in [6, 6.07) is 4.17. The van der Waals surface area contributed by atoms with Crippen molar-refractivity contribution in [2.45, 2.75) is 19.9 Å². The number of hydrogen-bond donors (Lipinski definition) is 0. The number of hydrogen-bond acceptors (Lipinski definition) is 3. The van der Waals surface area contributed by atoms with Crippen LogP contribution in [0.3, 0.4) is 0 Å². The summed E-state index contributed by atoms with van der Waals surface area (Å²) in [4.78, 5) is 16.0. The summed E-state index contributed by atoms with van der Waals surface area (Å²) < 4.78 is 14.9. The van der Waals surface area contributed by atoms with Gasteiger partial charge in [0.2, 0.25) is 0 Å². The van der Waals surface area contributed by atoms with Gasteiger partial charge >= 0.3 is 0 Å². The first-order valence-electron chi connectivity index (χ1n) is 5.47. The first-order chi connectivity index (χ1) is 8.63. The predicted octanol–water partition coefficient (Wildman–Crippen LogP) is 2.52. The summed E-state index contributed by atoms with van der Waals surface area (Å²) in [7, 11) is 0. The van der Waals surface area contributed by atoms with E-state index in [9.17, 15) is 9.18 Å². The Morgan fingerprint density at radius 3 is 3.00 bits per heavy atom. The molecule has 0 saturated heterocycles. The van der Waals surface area contributed by atoms with E-state index in [1.807, 2.05) is 6.92 Å². The lowest BCUT2D eigenvalue weighted by Gasteiger charge is -2.05. The molecule has 0 amide bonds. The van der Waals surface area contributed by atoms with Gasteiger partial charge in [-0.25, -0.2) is 14.1 Å². The van der Waals surface area contributed by atoms with Gasteiger partial charge in [-0.1, -0.05) is 17.7 Å². The molecule has 18 heavy (non-hydrogen) atoms. The zero-order chi connectivity index (χ0) is 13.1. The van der Waals surface area contributed by atoms with E-state index < -0.39 is 5.82 Å². The molecule has 1 aromatic carbocycles. The molecule has 0 atom stereocenters. The Balaban J connectivity index is 2.25. The molecular formula is C12H11ClFN3O. The average molecular weight is 268 g/mol. The van der Waals surface area contributed by atoms with Crippen LogP contribution in [0.2, 0.25) is 5.02 Å². The molecule has 0 aliphatic heterocycles. The lowest BCUT2D eigenvalue weighted by atomic mass is 10.1. The fourth-order valence-corrected chi connectivity index (χ4v) is 1.88. The van der Waals surface area contributed by atoms with Gasteiger partial charge in [0, 0.05) is 12.1 Å². The second-order valence-corrected chi connectivity index (χ2v) is 4.07. The number of nitrogens with zero attached hydrogens (tertiary/aromatic N) is 3. The highest BCUT2D eigenvalue weighted by atomic mass is 35.5. The van der Waals surface area contributed by atoms with Crippen LogP contribution in [0, 0.1) is 5.82 Å². The first kappa shape index (κ1) is 12.7. The van der Waals surface area contributed by atoms with Gasteiger partial charge in [0.25, 0.3) is 0 Å². The van der Waals surface area contributed by atoms with Crippen molar-refractivity contribution >= 4 is 17.4 Å². The van der Waals surface area contributed by atoms with Gasteiger partial charge in [-0.2, -0.15) is 5.10 Å². The summed E-state index contributed by atoms with van der Waals surface area (Å²) >= 11 is 5.76. The maximum Gasteiger partial charge on any atom is 0.172 e. The number of ketones is 1. The predicted molar refractivity (Wildman–Crippen MR) is 65.1 cm³/mol. The number of aryl methyl sites for hydroxylation is 1. The van der Waals surface area contributed by atoms with Gasteiger partial charge in [-0.05, 0) is 19.1 Å². The van der Waals surface area contributed by atoms with E-state index in [1.165, 1.54) is 24.5 Å². The Kier molecular flexibility index (Phi) is 3.72. The van der Waals surface area contributed by atoms with Crippen LogP contribution in [0.5, 0.6) is 0 Å². The number of benzene rings is 1. The molecule has 0 fully saturated rings. The van der Waals surface area contributed by atoms with Crippen molar-refractivity contribution in [3.8, 4) is 0 Å². The van der Waals surface area contributed by atoms with E-state index in [0.717, 1.165) is 0 Å². The molecule has 0 bridgehead atoms. The Bertz CT molecular complexity index is 582. The molecule has 0 N–H and O–H groups in total. The van der Waals surface area contributed by atoms with Gasteiger partial charge in [0.15, 0.2) is 5.78 Å². The first-order valence-corrected chi connectivity index (χ1v) is 5.85. The van der Waals surface area contributed by atoms with Crippen LogP contribution in [-0.4, -0.2) is 20.5 Å². The van der Waals surface area contributed by atoms with E-state index in [1.54, 1.807) is 4.68 Å². The summed E-state index contributed by atoms with van der Waals surface area (Å²) in [6.07, 6.45) is 1.44. The Morgan fingerprint density at radius 1 is 1.50 bits per heavy atom. The molecule has 0 unspecified atom stereocenters. The SMILES string of the molecule is CCn1ncnc1CC(=O)c1cccc(F)c1Cl. The molecule has 4 nitrogen and oxygen atoms in total. The quantitative estimate of drug-likeness (QED) is 0.800. The molecular weight excluding hydrogens is 257 g/mol. The summed E-state index contributed by atoms with van der Waals surface area (Å²) in [6.45, 7) is 2.53. The molecule has 6 heteroatoms. The summed E-state index contributed by atoms with van der Waals surface area (Å²) in [5.74, 6) is -0.329. The zero-order valence-electron chi connectivity index (χ0n) is 9.73. The van der Waals surface area contributed by atoms with E-state index in [2.05, 4.69) is 10.1 Å². The highest BCUT2D eigenvalue weighted by Gasteiger charge is 2.16. The lowest BCUT2D eigenvalue weighted by molar-refractivity contribution is 0.0989. The number of aromatic nitrogens is 3. The molecule has 2 aromatic rings. The van der Waals surface area contributed by atoms with Gasteiger partial charge in [-0.3, -0.25) is 4.79 Å². The van der Waals surface area contributed by atoms with Crippen molar-refractivity contribution in [1.29, 1.82) is 0 Å². The normalized spacial score (nSPS) is 10.6. The third-order valence-corrected chi connectivity index (χ3v) is 2.95. The number of Topliss-reactive ketones (excluding diaryl/α,β-unsaturated/α-hetero) is 1. The van der Waals surface area contributed by atoms with Crippen molar-refractivity contribution in [1.82, 2.24) is 14.8 Å². The van der Waals surface area contributed by atoms with Crippen molar-refractivity contribution in [2.75, 3.05) is 0 Å². The maximum absolute atomic E-state index is 13.2. The molecule has 1 heterocycles. The number of carbonyl (C=O) groups excluding carboxylic acids is 1. The monoisotopic (exact) mass is 267 g/mol. The Hall–Kier alpha value is -1.75. The smallest absolute Gasteiger partial charge is 0.172 e. The van der Waals surface area contributed by atoms with Crippen LogP contribution in [0.4, 0.5) is 4.39 Å². The number of halogens is 2. The van der Waals surface area contributed by atoms with Crippen LogP contribution >= 0.6 is 11.6 Å². The van der Waals surface area contributed by atoms with Crippen LogP contribution in [0.15, 0.2) is 24.5 Å². The Labute approximate surface area is 108 Å². The van der Waals surface area contributed by atoms with E-state index in [0.29, 0.717) is 12.4 Å². The van der Waals surface area contributed by atoms with Crippen LogP contribution < -0.4 is 0 Å². The minimum atomic E-state index is -0.598. The van der Waals surface area contributed by atoms with Gasteiger partial charge < -0.3 is 0 Å². The Morgan fingerprint density at radius 2 is 2.28 bits per heavy atom. The lowest BCUT2D eigenvalue weighted by Crippen LogP contribution is -2.11. The second-order valence-electron chi connectivity index (χ2n) is 3.69. The molecule has 0 saturated carbocycles. The molecule has 2 rings (SSSR count). The van der Waals surface area contributed by atoms with Crippen molar-refractivity contribution < 1.29 is 9.18 Å². The van der Waals surface area contributed by atoms with Gasteiger partial charge in [-0.15, -0.1) is 0 Å². The molecule has 0 aliphatic rings. The minimum absolute atomic E-state index is 0.0526. The second kappa shape index (κ2) is 5.27. The summed E-state index contributed by atoms with van der Waals surface area (Å²) in [5.41, 5.74) is 0.169. The van der Waals surface area contributed by atoms with Gasteiger partial charge in [0.1, 0.15) is 18.0 Å². The molecule has 0 spiro atoms. The highest BCUT2D eigenvalue weighted by Crippen LogP contribution is 2.21. The topological polar surface area (TPSA) is 47.8 Å². The van der Waals surface area contributed by atoms with E-state index in [4.69, 9.17) is 11.6 Å². The van der Waals surface area contributed by atoms with E-state index in [-0.39, 0.29) is 22.8 Å². The largest absolute Gasteiger partial charge is 0.294 e. The zero-order valence-corrected chi connectivity index (χ0v) is 10.5. The standard InChI is InChI=1S/C12H11ClFN3O/c1-2-17-11(15-7-16-17)6-10(18)8-4-3-5-9(14)12(8)13/h3-5,7H,2,6H2,1H3. The van der Waals surface area contributed by atoms with E-state index >= 15 is 0 Å². The van der Waals surface area contributed by atoms with Crippen molar-refractivity contribution in [2.24, 2.45) is 0 Å². The maximum atomic E-state index is 13.2. The molecule has 0 aliphatic carbocycles. The van der Waals surface area contributed by atoms with Crippen LogP contribution in [0.25, 0.3) is 0 Å². The van der Waals surface area contributed by atoms with Crippen molar-refractivity contribution in [3.05, 3.63) is 46.8 Å². The fourth-order valence-electron chi connectivity index (χ4n) is 1.65. The summed E-state index contributed by atoms with van der Waals surface area (Å²) in [5, 5.41) is 3.82. The third kappa shape index (κ3) is 2.41. The fraction of sp³-hybridized carbons (Fsp3) is 0.250. The van der Waals surface area contributed by atoms with Gasteiger partial charge in [0.05, 0.1) is 11.4 Å². The third-order valence-electron chi connectivity index (χ3n) is 2.57. The average Bonchev–Trinajstić information content (AvgIpc) is 2.79. The van der Waals surface area contributed by atoms with Crippen LogP contribution in [-0.2, 0) is 13.0 Å². The molecule has 1 aromatic heterocycles. The molecule has 94 valence electrons.